The Hall–Kier alpha value is -2.82. The molecule has 0 atom stereocenters. The summed E-state index contributed by atoms with van der Waals surface area (Å²) in [6, 6.07) is 14.9. The summed E-state index contributed by atoms with van der Waals surface area (Å²) >= 11 is 0. The van der Waals surface area contributed by atoms with Crippen molar-refractivity contribution in [3.05, 3.63) is 65.2 Å². The molecule has 1 aliphatic heterocycles. The van der Waals surface area contributed by atoms with Crippen LogP contribution in [0.4, 0.5) is 0 Å². The molecule has 1 amide bonds. The molecule has 1 heterocycles. The first kappa shape index (κ1) is 16.1. The molecule has 2 aromatic carbocycles. The van der Waals surface area contributed by atoms with Crippen molar-refractivity contribution in [1.82, 2.24) is 4.90 Å². The molecule has 0 N–H and O–H groups in total. The van der Waals surface area contributed by atoms with Gasteiger partial charge in [0.1, 0.15) is 11.3 Å². The maximum Gasteiger partial charge on any atom is 0.342 e. The minimum atomic E-state index is -0.557. The summed E-state index contributed by atoms with van der Waals surface area (Å²) < 4.78 is 10.3. The van der Waals surface area contributed by atoms with Crippen LogP contribution >= 0.6 is 0 Å². The second-order valence-electron chi connectivity index (χ2n) is 5.61. The fourth-order valence-electron chi connectivity index (χ4n) is 2.82. The Morgan fingerprint density at radius 1 is 1.04 bits per heavy atom. The Bertz CT molecular complexity index is 757. The first-order valence-electron chi connectivity index (χ1n) is 7.83. The van der Waals surface area contributed by atoms with Crippen molar-refractivity contribution in [2.75, 3.05) is 20.3 Å². The second kappa shape index (κ2) is 7.17. The molecule has 1 aliphatic rings. The third-order valence-electron chi connectivity index (χ3n) is 4.14. The van der Waals surface area contributed by atoms with Gasteiger partial charge in [0.15, 0.2) is 6.61 Å². The molecule has 5 heteroatoms. The number of rotatable bonds is 4. The number of nitrogens with zero attached hydrogens (tertiary/aromatic N) is 1. The molecule has 0 aromatic heterocycles. The molecule has 0 bridgehead atoms. The second-order valence-corrected chi connectivity index (χ2v) is 5.61. The van der Waals surface area contributed by atoms with E-state index in [1.807, 2.05) is 18.2 Å². The Balaban J connectivity index is 1.59. The Morgan fingerprint density at radius 3 is 2.54 bits per heavy atom. The highest BCUT2D eigenvalue weighted by Gasteiger charge is 2.22. The molecule has 0 saturated heterocycles. The van der Waals surface area contributed by atoms with Gasteiger partial charge in [0.25, 0.3) is 5.91 Å². The van der Waals surface area contributed by atoms with Gasteiger partial charge in [-0.2, -0.15) is 0 Å². The summed E-state index contributed by atoms with van der Waals surface area (Å²) in [5.74, 6) is -0.312. The van der Waals surface area contributed by atoms with E-state index in [4.69, 9.17) is 9.47 Å². The number of hydrogen-bond donors (Lipinski definition) is 0. The molecule has 0 saturated carbocycles. The Labute approximate surface area is 140 Å². The SMILES string of the molecule is COc1ccccc1C(=O)OCC(=O)N1CCc2ccccc2C1. The van der Waals surface area contributed by atoms with Gasteiger partial charge in [0.05, 0.1) is 7.11 Å². The fraction of sp³-hybridized carbons (Fsp3) is 0.263. The van der Waals surface area contributed by atoms with Crippen LogP contribution in [0.15, 0.2) is 48.5 Å². The third kappa shape index (κ3) is 3.40. The summed E-state index contributed by atoms with van der Waals surface area (Å²) in [5.41, 5.74) is 2.73. The predicted octanol–water partition coefficient (Wildman–Crippen LogP) is 2.44. The molecule has 0 spiro atoms. The van der Waals surface area contributed by atoms with Crippen LogP contribution in [0.1, 0.15) is 21.5 Å². The highest BCUT2D eigenvalue weighted by Crippen LogP contribution is 2.20. The van der Waals surface area contributed by atoms with E-state index in [9.17, 15) is 9.59 Å². The van der Waals surface area contributed by atoms with Gasteiger partial charge in [0.2, 0.25) is 0 Å². The van der Waals surface area contributed by atoms with E-state index < -0.39 is 5.97 Å². The van der Waals surface area contributed by atoms with Gasteiger partial charge in [-0.15, -0.1) is 0 Å². The van der Waals surface area contributed by atoms with Crippen LogP contribution in [-0.4, -0.2) is 37.0 Å². The smallest absolute Gasteiger partial charge is 0.342 e. The van der Waals surface area contributed by atoms with Crippen molar-refractivity contribution in [3.63, 3.8) is 0 Å². The van der Waals surface area contributed by atoms with Crippen LogP contribution in [-0.2, 0) is 22.5 Å². The third-order valence-corrected chi connectivity index (χ3v) is 4.14. The summed E-state index contributed by atoms with van der Waals surface area (Å²) in [4.78, 5) is 26.2. The van der Waals surface area contributed by atoms with Gasteiger partial charge >= 0.3 is 5.97 Å². The molecular weight excluding hydrogens is 306 g/mol. The highest BCUT2D eigenvalue weighted by atomic mass is 16.5. The Morgan fingerprint density at radius 2 is 1.75 bits per heavy atom. The zero-order valence-corrected chi connectivity index (χ0v) is 13.5. The summed E-state index contributed by atoms with van der Waals surface area (Å²) in [5, 5.41) is 0. The van der Waals surface area contributed by atoms with Crippen LogP contribution in [0.2, 0.25) is 0 Å². The number of para-hydroxylation sites is 1. The number of carbonyl (C=O) groups excluding carboxylic acids is 2. The van der Waals surface area contributed by atoms with Crippen LogP contribution in [0.25, 0.3) is 0 Å². The van der Waals surface area contributed by atoms with E-state index in [1.165, 1.54) is 12.7 Å². The summed E-state index contributed by atoms with van der Waals surface area (Å²) in [6.07, 6.45) is 0.822. The van der Waals surface area contributed by atoms with Gasteiger partial charge in [-0.05, 0) is 29.7 Å². The van der Waals surface area contributed by atoms with E-state index in [0.29, 0.717) is 24.4 Å². The van der Waals surface area contributed by atoms with Crippen molar-refractivity contribution in [2.45, 2.75) is 13.0 Å². The van der Waals surface area contributed by atoms with Crippen molar-refractivity contribution in [3.8, 4) is 5.75 Å². The number of carbonyl (C=O) groups is 2. The largest absolute Gasteiger partial charge is 0.496 e. The molecule has 24 heavy (non-hydrogen) atoms. The number of esters is 1. The van der Waals surface area contributed by atoms with E-state index in [0.717, 1.165) is 12.0 Å². The van der Waals surface area contributed by atoms with Gasteiger partial charge < -0.3 is 14.4 Å². The quantitative estimate of drug-likeness (QED) is 0.810. The van der Waals surface area contributed by atoms with E-state index in [-0.39, 0.29) is 12.5 Å². The Kier molecular flexibility index (Phi) is 4.79. The van der Waals surface area contributed by atoms with Crippen molar-refractivity contribution in [1.29, 1.82) is 0 Å². The number of amides is 1. The lowest BCUT2D eigenvalue weighted by atomic mass is 10.00. The molecule has 0 fully saturated rings. The maximum absolute atomic E-state index is 12.3. The standard InChI is InChI=1S/C19H19NO4/c1-23-17-9-5-4-8-16(17)19(22)24-13-18(21)20-11-10-14-6-2-3-7-15(14)12-20/h2-9H,10-13H2,1H3. The number of benzene rings is 2. The average molecular weight is 325 g/mol. The van der Waals surface area contributed by atoms with Gasteiger partial charge in [0, 0.05) is 13.1 Å². The molecule has 0 aliphatic carbocycles. The molecule has 3 rings (SSSR count). The molecule has 0 radical (unpaired) electrons. The zero-order valence-electron chi connectivity index (χ0n) is 13.5. The first-order chi connectivity index (χ1) is 11.7. The van der Waals surface area contributed by atoms with E-state index in [2.05, 4.69) is 6.07 Å². The minimum absolute atomic E-state index is 0.187. The van der Waals surface area contributed by atoms with Crippen molar-refractivity contribution < 1.29 is 19.1 Å². The fourth-order valence-corrected chi connectivity index (χ4v) is 2.82. The monoisotopic (exact) mass is 325 g/mol. The molecule has 5 nitrogen and oxygen atoms in total. The summed E-state index contributed by atoms with van der Waals surface area (Å²) in [7, 11) is 1.49. The first-order valence-corrected chi connectivity index (χ1v) is 7.83. The van der Waals surface area contributed by atoms with Crippen molar-refractivity contribution in [2.24, 2.45) is 0 Å². The lowest BCUT2D eigenvalue weighted by molar-refractivity contribution is -0.135. The highest BCUT2D eigenvalue weighted by molar-refractivity contribution is 5.94. The topological polar surface area (TPSA) is 55.8 Å². The predicted molar refractivity (Wildman–Crippen MR) is 88.8 cm³/mol. The molecule has 0 unspecified atom stereocenters. The van der Waals surface area contributed by atoms with Crippen LogP contribution in [0.5, 0.6) is 5.75 Å². The van der Waals surface area contributed by atoms with Crippen LogP contribution < -0.4 is 4.74 Å². The normalized spacial score (nSPS) is 13.1. The average Bonchev–Trinajstić information content (AvgIpc) is 2.65. The van der Waals surface area contributed by atoms with Gasteiger partial charge in [-0.1, -0.05) is 36.4 Å². The van der Waals surface area contributed by atoms with Crippen LogP contribution in [0, 0.1) is 0 Å². The van der Waals surface area contributed by atoms with E-state index >= 15 is 0 Å². The summed E-state index contributed by atoms with van der Waals surface area (Å²) in [6.45, 7) is 0.933. The molecule has 2 aromatic rings. The van der Waals surface area contributed by atoms with Gasteiger partial charge in [-0.25, -0.2) is 4.79 Å². The van der Waals surface area contributed by atoms with Crippen molar-refractivity contribution >= 4 is 11.9 Å². The number of ether oxygens (including phenoxy) is 2. The molecule has 124 valence electrons. The lowest BCUT2D eigenvalue weighted by Gasteiger charge is -2.28. The van der Waals surface area contributed by atoms with E-state index in [1.54, 1.807) is 29.2 Å². The number of fused-ring (bicyclic) bond motifs is 1. The minimum Gasteiger partial charge on any atom is -0.496 e. The lowest BCUT2D eigenvalue weighted by Crippen LogP contribution is -2.38. The number of methoxy groups -OCH3 is 1. The maximum atomic E-state index is 12.3. The zero-order chi connectivity index (χ0) is 16.9. The number of hydrogen-bond acceptors (Lipinski definition) is 4. The van der Waals surface area contributed by atoms with Crippen LogP contribution in [0.3, 0.4) is 0 Å². The molecular formula is C19H19NO4. The van der Waals surface area contributed by atoms with Gasteiger partial charge in [-0.3, -0.25) is 4.79 Å².